The van der Waals surface area contributed by atoms with Crippen molar-refractivity contribution in [3.8, 4) is 0 Å². The fourth-order valence-electron chi connectivity index (χ4n) is 2.71. The molecule has 3 rings (SSSR count). The van der Waals surface area contributed by atoms with Gasteiger partial charge in [-0.05, 0) is 23.1 Å². The standard InChI is InChI=1S/C23H20BrClO5/c24-23(25)13-11-19(12-14-23)20(21(26)28-15-17-7-3-1-4-8-17)30-22(27)29-16-18-9-5-2-6-10-18/h1-13,20H,14-16H2. The maximum absolute atomic E-state index is 12.7. The van der Waals surface area contributed by atoms with Crippen molar-refractivity contribution in [2.24, 2.45) is 0 Å². The van der Waals surface area contributed by atoms with E-state index in [9.17, 15) is 9.59 Å². The minimum atomic E-state index is -1.26. The Morgan fingerprint density at radius 2 is 1.53 bits per heavy atom. The van der Waals surface area contributed by atoms with E-state index in [1.54, 1.807) is 18.2 Å². The molecule has 7 heteroatoms. The van der Waals surface area contributed by atoms with Gasteiger partial charge in [0.15, 0.2) is 0 Å². The molecule has 30 heavy (non-hydrogen) atoms. The zero-order valence-electron chi connectivity index (χ0n) is 16.0. The van der Waals surface area contributed by atoms with Crippen LogP contribution in [0, 0.1) is 0 Å². The number of halogens is 2. The highest BCUT2D eigenvalue weighted by Gasteiger charge is 2.32. The van der Waals surface area contributed by atoms with Gasteiger partial charge in [0, 0.05) is 0 Å². The number of hydrogen-bond donors (Lipinski definition) is 0. The predicted octanol–water partition coefficient (Wildman–Crippen LogP) is 5.67. The summed E-state index contributed by atoms with van der Waals surface area (Å²) < 4.78 is 15.1. The smallest absolute Gasteiger partial charge is 0.458 e. The number of benzene rings is 2. The SMILES string of the molecule is O=C(OCc1ccccc1)OC(C(=O)OCc1ccccc1)C1=CCC(Cl)(Br)C=C1. The van der Waals surface area contributed by atoms with Crippen LogP contribution in [0.5, 0.6) is 0 Å². The molecule has 5 nitrogen and oxygen atoms in total. The van der Waals surface area contributed by atoms with Crippen LogP contribution in [0.3, 0.4) is 0 Å². The van der Waals surface area contributed by atoms with Crippen molar-refractivity contribution < 1.29 is 23.8 Å². The predicted molar refractivity (Wildman–Crippen MR) is 117 cm³/mol. The normalized spacial score (nSPS) is 18.8. The van der Waals surface area contributed by atoms with Crippen LogP contribution in [0.25, 0.3) is 0 Å². The first-order valence-electron chi connectivity index (χ1n) is 9.28. The van der Waals surface area contributed by atoms with Crippen molar-refractivity contribution in [1.29, 1.82) is 0 Å². The fourth-order valence-corrected chi connectivity index (χ4v) is 3.14. The van der Waals surface area contributed by atoms with Crippen molar-refractivity contribution in [2.45, 2.75) is 29.5 Å². The average molecular weight is 492 g/mol. The minimum absolute atomic E-state index is 0.0343. The molecule has 0 fully saturated rings. The zero-order chi connectivity index (χ0) is 21.4. The van der Waals surface area contributed by atoms with Gasteiger partial charge in [0.1, 0.15) is 17.0 Å². The molecule has 1 aliphatic carbocycles. The van der Waals surface area contributed by atoms with Gasteiger partial charge < -0.3 is 14.2 Å². The van der Waals surface area contributed by atoms with E-state index in [1.165, 1.54) is 0 Å². The van der Waals surface area contributed by atoms with E-state index in [2.05, 4.69) is 15.9 Å². The van der Waals surface area contributed by atoms with Crippen LogP contribution in [0.1, 0.15) is 17.5 Å². The Morgan fingerprint density at radius 1 is 0.967 bits per heavy atom. The molecule has 2 atom stereocenters. The van der Waals surface area contributed by atoms with Gasteiger partial charge in [-0.3, -0.25) is 0 Å². The number of hydrogen-bond acceptors (Lipinski definition) is 5. The molecule has 2 aromatic carbocycles. The van der Waals surface area contributed by atoms with E-state index in [0.29, 0.717) is 12.0 Å². The quantitative estimate of drug-likeness (QED) is 0.369. The lowest BCUT2D eigenvalue weighted by Gasteiger charge is -2.23. The van der Waals surface area contributed by atoms with Gasteiger partial charge in [-0.1, -0.05) is 94.8 Å². The molecule has 1 aliphatic rings. The van der Waals surface area contributed by atoms with E-state index in [4.69, 9.17) is 25.8 Å². The Bertz CT molecular complexity index is 925. The molecule has 0 aliphatic heterocycles. The third-order valence-electron chi connectivity index (χ3n) is 4.28. The molecule has 156 valence electrons. The second-order valence-electron chi connectivity index (χ2n) is 6.62. The molecule has 0 saturated carbocycles. The van der Waals surface area contributed by atoms with Crippen molar-refractivity contribution in [3.63, 3.8) is 0 Å². The Hall–Kier alpha value is -2.57. The zero-order valence-corrected chi connectivity index (χ0v) is 18.3. The van der Waals surface area contributed by atoms with Crippen molar-refractivity contribution in [3.05, 3.63) is 95.6 Å². The van der Waals surface area contributed by atoms with Gasteiger partial charge >= 0.3 is 12.1 Å². The molecule has 0 bridgehead atoms. The summed E-state index contributed by atoms with van der Waals surface area (Å²) in [6.45, 7) is 0.0972. The summed E-state index contributed by atoms with van der Waals surface area (Å²) in [5.74, 6) is -0.692. The molecular formula is C23H20BrClO5. The van der Waals surface area contributed by atoms with Crippen LogP contribution in [-0.2, 0) is 32.2 Å². The van der Waals surface area contributed by atoms with Crippen LogP contribution in [0.15, 0.2) is 84.5 Å². The molecule has 0 spiro atoms. The second kappa shape index (κ2) is 10.5. The molecule has 0 aromatic heterocycles. The van der Waals surface area contributed by atoms with E-state index in [-0.39, 0.29) is 13.2 Å². The van der Waals surface area contributed by atoms with E-state index in [0.717, 1.165) is 11.1 Å². The highest BCUT2D eigenvalue weighted by Crippen LogP contribution is 2.35. The third kappa shape index (κ3) is 6.75. The Morgan fingerprint density at radius 3 is 2.07 bits per heavy atom. The maximum atomic E-state index is 12.7. The number of rotatable bonds is 7. The summed E-state index contributed by atoms with van der Waals surface area (Å²) >= 11 is 9.58. The number of ether oxygens (including phenoxy) is 3. The van der Waals surface area contributed by atoms with Crippen molar-refractivity contribution in [2.75, 3.05) is 0 Å². The summed E-state index contributed by atoms with van der Waals surface area (Å²) in [4.78, 5) is 24.9. The summed E-state index contributed by atoms with van der Waals surface area (Å²) in [6.07, 6.45) is 3.22. The van der Waals surface area contributed by atoms with Gasteiger partial charge in [-0.2, -0.15) is 0 Å². The van der Waals surface area contributed by atoms with Crippen LogP contribution in [0.2, 0.25) is 0 Å². The van der Waals surface area contributed by atoms with E-state index < -0.39 is 22.0 Å². The topological polar surface area (TPSA) is 61.8 Å². The largest absolute Gasteiger partial charge is 0.509 e. The number of carbonyl (C=O) groups excluding carboxylic acids is 2. The molecule has 2 unspecified atom stereocenters. The number of alkyl halides is 2. The number of allylic oxidation sites excluding steroid dienone is 2. The molecule has 0 N–H and O–H groups in total. The van der Waals surface area contributed by atoms with Gasteiger partial charge in [0.25, 0.3) is 0 Å². The highest BCUT2D eigenvalue weighted by atomic mass is 79.9. The number of carbonyl (C=O) groups is 2. The summed E-state index contributed by atoms with van der Waals surface area (Å²) in [7, 11) is 0. The summed E-state index contributed by atoms with van der Waals surface area (Å²) in [5.41, 5.74) is 2.10. The molecule has 0 saturated heterocycles. The van der Waals surface area contributed by atoms with Crippen LogP contribution in [0.4, 0.5) is 4.79 Å². The molecule has 2 aromatic rings. The van der Waals surface area contributed by atoms with Crippen molar-refractivity contribution in [1.82, 2.24) is 0 Å². The van der Waals surface area contributed by atoms with E-state index >= 15 is 0 Å². The molecule has 0 radical (unpaired) electrons. The lowest BCUT2D eigenvalue weighted by molar-refractivity contribution is -0.154. The van der Waals surface area contributed by atoms with Gasteiger partial charge in [-0.15, -0.1) is 11.6 Å². The Balaban J connectivity index is 1.65. The summed E-state index contributed by atoms with van der Waals surface area (Å²) in [6, 6.07) is 18.4. The lowest BCUT2D eigenvalue weighted by atomic mass is 10.0. The fraction of sp³-hybridized carbons (Fsp3) is 0.217. The Kier molecular flexibility index (Phi) is 7.71. The molecule has 0 heterocycles. The number of esters is 1. The van der Waals surface area contributed by atoms with Gasteiger partial charge in [0.2, 0.25) is 6.10 Å². The first-order valence-corrected chi connectivity index (χ1v) is 10.4. The highest BCUT2D eigenvalue weighted by molar-refractivity contribution is 9.10. The van der Waals surface area contributed by atoms with E-state index in [1.807, 2.05) is 60.7 Å². The van der Waals surface area contributed by atoms with Gasteiger partial charge in [0.05, 0.1) is 0 Å². The maximum Gasteiger partial charge on any atom is 0.509 e. The second-order valence-corrected chi connectivity index (χ2v) is 9.16. The third-order valence-corrected chi connectivity index (χ3v) is 5.15. The first kappa shape index (κ1) is 22.1. The molecule has 0 amide bonds. The van der Waals surface area contributed by atoms with Crippen LogP contribution < -0.4 is 0 Å². The lowest BCUT2D eigenvalue weighted by Crippen LogP contribution is -2.32. The first-order chi connectivity index (χ1) is 14.4. The molecular weight excluding hydrogens is 472 g/mol. The monoisotopic (exact) mass is 490 g/mol. The average Bonchev–Trinajstić information content (AvgIpc) is 2.76. The van der Waals surface area contributed by atoms with Crippen LogP contribution >= 0.6 is 27.5 Å². The van der Waals surface area contributed by atoms with Crippen LogP contribution in [-0.4, -0.2) is 22.0 Å². The minimum Gasteiger partial charge on any atom is -0.458 e. The summed E-state index contributed by atoms with van der Waals surface area (Å²) in [5, 5.41) is 0. The van der Waals surface area contributed by atoms with Crippen molar-refractivity contribution >= 4 is 39.7 Å². The van der Waals surface area contributed by atoms with Gasteiger partial charge in [-0.25, -0.2) is 9.59 Å². The Labute approximate surface area is 188 Å².